The summed E-state index contributed by atoms with van der Waals surface area (Å²) in [6, 6.07) is 10.5. The van der Waals surface area contributed by atoms with Crippen molar-refractivity contribution < 1.29 is 5.11 Å². The molecule has 1 aliphatic rings. The summed E-state index contributed by atoms with van der Waals surface area (Å²) in [5.74, 6) is 0. The van der Waals surface area contributed by atoms with Gasteiger partial charge in [0.25, 0.3) is 0 Å². The Labute approximate surface area is 123 Å². The molecule has 2 nitrogen and oxygen atoms in total. The maximum atomic E-state index is 10.1. The highest BCUT2D eigenvalue weighted by Crippen LogP contribution is 2.18. The average Bonchev–Trinajstić information content (AvgIpc) is 2.38. The van der Waals surface area contributed by atoms with Crippen LogP contribution in [-0.2, 0) is 0 Å². The maximum Gasteiger partial charge on any atom is 0.0914 e. The molecule has 2 rings (SSSR count). The highest BCUT2D eigenvalue weighted by atomic mass is 35.5. The lowest BCUT2D eigenvalue weighted by Crippen LogP contribution is -2.33. The predicted octanol–water partition coefficient (Wildman–Crippen LogP) is 3.84. The van der Waals surface area contributed by atoms with E-state index >= 15 is 0 Å². The summed E-state index contributed by atoms with van der Waals surface area (Å²) < 4.78 is 0. The van der Waals surface area contributed by atoms with E-state index in [1.54, 1.807) is 0 Å². The van der Waals surface area contributed by atoms with Crippen molar-refractivity contribution in [2.45, 2.75) is 57.1 Å². The summed E-state index contributed by atoms with van der Waals surface area (Å²) in [4.78, 5) is 0. The van der Waals surface area contributed by atoms with E-state index in [1.165, 1.54) is 44.9 Å². The van der Waals surface area contributed by atoms with Crippen LogP contribution in [0.2, 0.25) is 0 Å². The molecule has 3 heteroatoms. The molecule has 19 heavy (non-hydrogen) atoms. The monoisotopic (exact) mass is 283 g/mol. The van der Waals surface area contributed by atoms with Gasteiger partial charge in [0.15, 0.2) is 0 Å². The highest BCUT2D eigenvalue weighted by Gasteiger charge is 2.13. The Morgan fingerprint density at radius 3 is 2.21 bits per heavy atom. The fourth-order valence-corrected chi connectivity index (χ4v) is 2.73. The molecule has 0 saturated heterocycles. The van der Waals surface area contributed by atoms with E-state index < -0.39 is 0 Å². The number of hydrogen-bond donors (Lipinski definition) is 2. The molecule has 2 N–H and O–H groups in total. The van der Waals surface area contributed by atoms with Gasteiger partial charge < -0.3 is 10.4 Å². The molecule has 1 saturated carbocycles. The zero-order valence-electron chi connectivity index (χ0n) is 11.6. The highest BCUT2D eigenvalue weighted by molar-refractivity contribution is 5.85. The second kappa shape index (κ2) is 9.35. The van der Waals surface area contributed by atoms with Crippen molar-refractivity contribution in [3.05, 3.63) is 35.9 Å². The van der Waals surface area contributed by atoms with E-state index in [9.17, 15) is 5.11 Å². The van der Waals surface area contributed by atoms with Gasteiger partial charge in [0, 0.05) is 12.6 Å². The molecule has 1 aromatic carbocycles. The zero-order valence-corrected chi connectivity index (χ0v) is 12.4. The zero-order chi connectivity index (χ0) is 12.6. The number of hydrogen-bond acceptors (Lipinski definition) is 2. The molecule has 0 bridgehead atoms. The minimum Gasteiger partial charge on any atom is -0.387 e. The van der Waals surface area contributed by atoms with Crippen LogP contribution in [-0.4, -0.2) is 17.7 Å². The fraction of sp³-hybridized carbons (Fsp3) is 0.625. The van der Waals surface area contributed by atoms with Crippen molar-refractivity contribution in [3.8, 4) is 0 Å². The molecule has 1 atom stereocenters. The summed E-state index contributed by atoms with van der Waals surface area (Å²) in [5, 5.41) is 13.7. The standard InChI is InChI=1S/C16H25NO.ClH/c18-16(14-9-5-4-6-10-14)13-17-15-11-7-2-1-3-8-12-15;/h4-6,9-10,15-18H,1-3,7-8,11-13H2;1H. The van der Waals surface area contributed by atoms with E-state index in [0.717, 1.165) is 5.56 Å². The third kappa shape index (κ3) is 5.94. The maximum absolute atomic E-state index is 10.1. The normalized spacial score (nSPS) is 19.0. The molecule has 0 radical (unpaired) electrons. The first kappa shape index (κ1) is 16.5. The molecule has 0 heterocycles. The third-order valence-corrected chi connectivity index (χ3v) is 3.89. The van der Waals surface area contributed by atoms with Gasteiger partial charge in [-0.05, 0) is 18.4 Å². The molecule has 1 fully saturated rings. The minimum absolute atomic E-state index is 0. The third-order valence-electron chi connectivity index (χ3n) is 3.89. The van der Waals surface area contributed by atoms with E-state index in [0.29, 0.717) is 12.6 Å². The number of halogens is 1. The summed E-state index contributed by atoms with van der Waals surface area (Å²) >= 11 is 0. The Morgan fingerprint density at radius 1 is 1.00 bits per heavy atom. The molecule has 1 aromatic rings. The van der Waals surface area contributed by atoms with Gasteiger partial charge in [0.1, 0.15) is 0 Å². The molecular formula is C16H26ClNO. The van der Waals surface area contributed by atoms with Crippen molar-refractivity contribution in [1.29, 1.82) is 0 Å². The van der Waals surface area contributed by atoms with Crippen LogP contribution < -0.4 is 5.32 Å². The molecular weight excluding hydrogens is 258 g/mol. The van der Waals surface area contributed by atoms with Crippen LogP contribution in [0.4, 0.5) is 0 Å². The molecule has 0 amide bonds. The van der Waals surface area contributed by atoms with Crippen molar-refractivity contribution in [1.82, 2.24) is 5.32 Å². The number of nitrogens with one attached hydrogen (secondary N) is 1. The van der Waals surface area contributed by atoms with Crippen molar-refractivity contribution in [2.75, 3.05) is 6.54 Å². The quantitative estimate of drug-likeness (QED) is 0.880. The van der Waals surface area contributed by atoms with Gasteiger partial charge in [-0.1, -0.05) is 62.4 Å². The lowest BCUT2D eigenvalue weighted by Gasteiger charge is -2.22. The van der Waals surface area contributed by atoms with Crippen molar-refractivity contribution >= 4 is 12.4 Å². The number of aliphatic hydroxyl groups is 1. The summed E-state index contributed by atoms with van der Waals surface area (Å²) in [6.45, 7) is 0.675. The lowest BCUT2D eigenvalue weighted by molar-refractivity contribution is 0.167. The Balaban J connectivity index is 0.00000180. The number of rotatable bonds is 4. The molecule has 1 aliphatic carbocycles. The first-order chi connectivity index (χ1) is 8.86. The van der Waals surface area contributed by atoms with E-state index in [1.807, 2.05) is 30.3 Å². The summed E-state index contributed by atoms with van der Waals surface area (Å²) in [5.41, 5.74) is 1.01. The number of aliphatic hydroxyl groups excluding tert-OH is 1. The first-order valence-electron chi connectivity index (χ1n) is 7.32. The van der Waals surface area contributed by atoms with E-state index in [-0.39, 0.29) is 18.5 Å². The lowest BCUT2D eigenvalue weighted by atomic mass is 9.96. The Kier molecular flexibility index (Phi) is 8.11. The largest absolute Gasteiger partial charge is 0.387 e. The van der Waals surface area contributed by atoms with Crippen LogP contribution in [0.3, 0.4) is 0 Å². The Bertz CT molecular complexity index is 323. The van der Waals surface area contributed by atoms with Crippen LogP contribution >= 0.6 is 12.4 Å². The van der Waals surface area contributed by atoms with Crippen LogP contribution in [0.15, 0.2) is 30.3 Å². The molecule has 0 aliphatic heterocycles. The van der Waals surface area contributed by atoms with Crippen LogP contribution in [0.1, 0.15) is 56.6 Å². The van der Waals surface area contributed by atoms with Gasteiger partial charge in [0.2, 0.25) is 0 Å². The first-order valence-corrected chi connectivity index (χ1v) is 7.32. The molecule has 0 aromatic heterocycles. The van der Waals surface area contributed by atoms with Crippen molar-refractivity contribution in [3.63, 3.8) is 0 Å². The topological polar surface area (TPSA) is 32.3 Å². The number of benzene rings is 1. The van der Waals surface area contributed by atoms with E-state index in [2.05, 4.69) is 5.32 Å². The SMILES string of the molecule is Cl.OC(CNC1CCCCCCC1)c1ccccc1. The minimum atomic E-state index is -0.378. The molecule has 0 spiro atoms. The molecule has 108 valence electrons. The van der Waals surface area contributed by atoms with Gasteiger partial charge in [-0.2, -0.15) is 0 Å². The van der Waals surface area contributed by atoms with Gasteiger partial charge in [-0.15, -0.1) is 12.4 Å². The second-order valence-corrected chi connectivity index (χ2v) is 5.38. The van der Waals surface area contributed by atoms with Gasteiger partial charge in [-0.3, -0.25) is 0 Å². The van der Waals surface area contributed by atoms with Gasteiger partial charge in [0.05, 0.1) is 6.10 Å². The van der Waals surface area contributed by atoms with Gasteiger partial charge in [-0.25, -0.2) is 0 Å². The van der Waals surface area contributed by atoms with Crippen LogP contribution in [0.5, 0.6) is 0 Å². The summed E-state index contributed by atoms with van der Waals surface area (Å²) in [6.07, 6.45) is 8.97. The predicted molar refractivity (Wildman–Crippen MR) is 82.8 cm³/mol. The Hall–Kier alpha value is -0.570. The van der Waals surface area contributed by atoms with Crippen LogP contribution in [0, 0.1) is 0 Å². The molecule has 1 unspecified atom stereocenters. The Morgan fingerprint density at radius 2 is 1.58 bits per heavy atom. The smallest absolute Gasteiger partial charge is 0.0914 e. The average molecular weight is 284 g/mol. The van der Waals surface area contributed by atoms with Crippen LogP contribution in [0.25, 0.3) is 0 Å². The van der Waals surface area contributed by atoms with E-state index in [4.69, 9.17) is 0 Å². The van der Waals surface area contributed by atoms with Gasteiger partial charge >= 0.3 is 0 Å². The second-order valence-electron chi connectivity index (χ2n) is 5.38. The fourth-order valence-electron chi connectivity index (χ4n) is 2.73. The summed E-state index contributed by atoms with van der Waals surface area (Å²) in [7, 11) is 0. The van der Waals surface area contributed by atoms with Crippen molar-refractivity contribution in [2.24, 2.45) is 0 Å².